The summed E-state index contributed by atoms with van der Waals surface area (Å²) in [6.07, 6.45) is 1.53. The largest absolute Gasteiger partial charge is 0.332 e. The van der Waals surface area contributed by atoms with Crippen LogP contribution in [0.5, 0.6) is 0 Å². The molecule has 0 aromatic carbocycles. The van der Waals surface area contributed by atoms with Gasteiger partial charge in [-0.2, -0.15) is 8.75 Å². The van der Waals surface area contributed by atoms with Crippen molar-refractivity contribution in [2.45, 2.75) is 13.0 Å². The lowest BCUT2D eigenvalue weighted by molar-refractivity contribution is 0.0651. The summed E-state index contributed by atoms with van der Waals surface area (Å²) in [6, 6.07) is 0.234. The van der Waals surface area contributed by atoms with E-state index in [1.54, 1.807) is 0 Å². The first-order chi connectivity index (χ1) is 6.79. The third-order valence-corrected chi connectivity index (χ3v) is 2.82. The van der Waals surface area contributed by atoms with Gasteiger partial charge in [-0.25, -0.2) is 0 Å². The molecule has 0 aliphatic carbocycles. The van der Waals surface area contributed by atoms with Crippen molar-refractivity contribution >= 4 is 17.6 Å². The van der Waals surface area contributed by atoms with Gasteiger partial charge in [-0.1, -0.05) is 0 Å². The van der Waals surface area contributed by atoms with Gasteiger partial charge in [0.25, 0.3) is 5.91 Å². The molecule has 2 rings (SSSR count). The van der Waals surface area contributed by atoms with E-state index in [1.807, 2.05) is 11.8 Å². The number of rotatable bonds is 1. The summed E-state index contributed by atoms with van der Waals surface area (Å²) in [7, 11) is 0. The van der Waals surface area contributed by atoms with Crippen LogP contribution in [0.15, 0.2) is 6.20 Å². The molecule has 0 unspecified atom stereocenters. The van der Waals surface area contributed by atoms with Crippen LogP contribution >= 0.6 is 11.7 Å². The standard InChI is InChI=1S/C8H12N4OS/c1-6-4-9-2-3-12(6)8(13)7-5-10-14-11-7/h5-6,9H,2-4H2,1H3/t6-/m1/s1. The van der Waals surface area contributed by atoms with Gasteiger partial charge in [-0.3, -0.25) is 4.79 Å². The minimum atomic E-state index is -0.00671. The van der Waals surface area contributed by atoms with E-state index in [4.69, 9.17) is 0 Å². The maximum absolute atomic E-state index is 11.9. The third kappa shape index (κ3) is 1.76. The first kappa shape index (κ1) is 9.54. The molecule has 0 radical (unpaired) electrons. The molecule has 1 amide bonds. The summed E-state index contributed by atoms with van der Waals surface area (Å²) in [5.41, 5.74) is 0.462. The van der Waals surface area contributed by atoms with Gasteiger partial charge in [0.05, 0.1) is 17.9 Å². The van der Waals surface area contributed by atoms with Crippen LogP contribution in [0.4, 0.5) is 0 Å². The van der Waals surface area contributed by atoms with Crippen molar-refractivity contribution in [2.75, 3.05) is 19.6 Å². The summed E-state index contributed by atoms with van der Waals surface area (Å²) in [5.74, 6) is -0.00671. The van der Waals surface area contributed by atoms with Gasteiger partial charge in [0.2, 0.25) is 0 Å². The third-order valence-electron chi connectivity index (χ3n) is 2.34. The maximum atomic E-state index is 11.9. The molecule has 5 nitrogen and oxygen atoms in total. The SMILES string of the molecule is C[C@@H]1CNCCN1C(=O)c1cnsn1. The van der Waals surface area contributed by atoms with E-state index in [-0.39, 0.29) is 11.9 Å². The molecular weight excluding hydrogens is 200 g/mol. The summed E-state index contributed by atoms with van der Waals surface area (Å²) < 4.78 is 7.78. The highest BCUT2D eigenvalue weighted by molar-refractivity contribution is 6.99. The van der Waals surface area contributed by atoms with Crippen LogP contribution in [0.2, 0.25) is 0 Å². The summed E-state index contributed by atoms with van der Waals surface area (Å²) in [5, 5.41) is 3.24. The highest BCUT2D eigenvalue weighted by Crippen LogP contribution is 2.08. The quantitative estimate of drug-likeness (QED) is 0.710. The van der Waals surface area contributed by atoms with Gasteiger partial charge < -0.3 is 10.2 Å². The van der Waals surface area contributed by atoms with Crippen LogP contribution in [0.1, 0.15) is 17.4 Å². The lowest BCUT2D eigenvalue weighted by Crippen LogP contribution is -2.52. The number of carbonyl (C=O) groups is 1. The van der Waals surface area contributed by atoms with Crippen LogP contribution < -0.4 is 5.32 Å². The summed E-state index contributed by atoms with van der Waals surface area (Å²) in [4.78, 5) is 13.7. The average Bonchev–Trinajstić information content (AvgIpc) is 2.70. The molecule has 1 atom stereocenters. The van der Waals surface area contributed by atoms with Crippen molar-refractivity contribution in [3.05, 3.63) is 11.9 Å². The molecule has 2 heterocycles. The molecule has 1 aromatic heterocycles. The number of aromatic nitrogens is 2. The van der Waals surface area contributed by atoms with E-state index in [2.05, 4.69) is 14.1 Å². The number of hydrogen-bond acceptors (Lipinski definition) is 5. The second kappa shape index (κ2) is 4.02. The Kier molecular flexibility index (Phi) is 2.74. The van der Waals surface area contributed by atoms with Crippen LogP contribution in [-0.2, 0) is 0 Å². The summed E-state index contributed by atoms with van der Waals surface area (Å²) in [6.45, 7) is 4.48. The normalized spacial score (nSPS) is 22.4. The van der Waals surface area contributed by atoms with E-state index in [0.717, 1.165) is 31.4 Å². The van der Waals surface area contributed by atoms with E-state index >= 15 is 0 Å². The topological polar surface area (TPSA) is 58.1 Å². The average molecular weight is 212 g/mol. The Morgan fingerprint density at radius 3 is 3.29 bits per heavy atom. The molecule has 76 valence electrons. The number of amides is 1. The van der Waals surface area contributed by atoms with E-state index in [1.165, 1.54) is 6.20 Å². The predicted molar refractivity (Wildman–Crippen MR) is 53.3 cm³/mol. The molecule has 6 heteroatoms. The van der Waals surface area contributed by atoms with Gasteiger partial charge in [0, 0.05) is 25.7 Å². The second-order valence-electron chi connectivity index (χ2n) is 3.34. The Bertz CT molecular complexity index is 313. The maximum Gasteiger partial charge on any atom is 0.275 e. The molecule has 14 heavy (non-hydrogen) atoms. The zero-order valence-electron chi connectivity index (χ0n) is 7.93. The Balaban J connectivity index is 2.10. The molecule has 0 bridgehead atoms. The molecule has 1 saturated heterocycles. The fourth-order valence-electron chi connectivity index (χ4n) is 1.55. The van der Waals surface area contributed by atoms with Crippen molar-refractivity contribution in [2.24, 2.45) is 0 Å². The molecule has 1 fully saturated rings. The second-order valence-corrected chi connectivity index (χ2v) is 3.90. The van der Waals surface area contributed by atoms with Crippen molar-refractivity contribution in [3.8, 4) is 0 Å². The Labute approximate surface area is 86.4 Å². The minimum Gasteiger partial charge on any atom is -0.332 e. The predicted octanol–water partition coefficient (Wildman–Crippen LogP) is -0.0280. The van der Waals surface area contributed by atoms with Gasteiger partial charge in [-0.05, 0) is 6.92 Å². The van der Waals surface area contributed by atoms with E-state index in [0.29, 0.717) is 5.69 Å². The zero-order chi connectivity index (χ0) is 9.97. The molecule has 0 saturated carbocycles. The number of piperazine rings is 1. The molecule has 0 spiro atoms. The number of carbonyl (C=O) groups excluding carboxylic acids is 1. The summed E-state index contributed by atoms with van der Waals surface area (Å²) >= 11 is 1.07. The molecule has 1 aliphatic heterocycles. The number of hydrogen-bond donors (Lipinski definition) is 1. The van der Waals surface area contributed by atoms with Gasteiger partial charge in [-0.15, -0.1) is 0 Å². The van der Waals surface area contributed by atoms with Gasteiger partial charge in [0.1, 0.15) is 0 Å². The van der Waals surface area contributed by atoms with Crippen LogP contribution in [0, 0.1) is 0 Å². The highest BCUT2D eigenvalue weighted by atomic mass is 32.1. The van der Waals surface area contributed by atoms with Crippen LogP contribution in [-0.4, -0.2) is 45.2 Å². The smallest absolute Gasteiger partial charge is 0.275 e. The van der Waals surface area contributed by atoms with Gasteiger partial charge in [0.15, 0.2) is 5.69 Å². The molecule has 1 aliphatic rings. The highest BCUT2D eigenvalue weighted by Gasteiger charge is 2.25. The lowest BCUT2D eigenvalue weighted by atomic mass is 10.2. The Morgan fingerprint density at radius 2 is 2.64 bits per heavy atom. The fourth-order valence-corrected chi connectivity index (χ4v) is 1.96. The van der Waals surface area contributed by atoms with Crippen LogP contribution in [0.25, 0.3) is 0 Å². The number of nitrogens with one attached hydrogen (secondary N) is 1. The fraction of sp³-hybridized carbons (Fsp3) is 0.625. The van der Waals surface area contributed by atoms with E-state index in [9.17, 15) is 4.79 Å². The van der Waals surface area contributed by atoms with Crippen molar-refractivity contribution in [3.63, 3.8) is 0 Å². The van der Waals surface area contributed by atoms with Gasteiger partial charge >= 0.3 is 0 Å². The Morgan fingerprint density at radius 1 is 1.79 bits per heavy atom. The van der Waals surface area contributed by atoms with Crippen molar-refractivity contribution in [1.29, 1.82) is 0 Å². The minimum absolute atomic E-state index is 0.00671. The Hall–Kier alpha value is -1.01. The monoisotopic (exact) mass is 212 g/mol. The molecular formula is C8H12N4OS. The van der Waals surface area contributed by atoms with E-state index < -0.39 is 0 Å². The molecule has 1 aromatic rings. The van der Waals surface area contributed by atoms with Crippen LogP contribution in [0.3, 0.4) is 0 Å². The van der Waals surface area contributed by atoms with Crippen molar-refractivity contribution < 1.29 is 4.79 Å². The van der Waals surface area contributed by atoms with Crippen molar-refractivity contribution in [1.82, 2.24) is 19.0 Å². The molecule has 1 N–H and O–H groups in total. The lowest BCUT2D eigenvalue weighted by Gasteiger charge is -2.33. The first-order valence-electron chi connectivity index (χ1n) is 4.58. The number of nitrogens with zero attached hydrogens (tertiary/aromatic N) is 3. The first-order valence-corrected chi connectivity index (χ1v) is 5.31. The zero-order valence-corrected chi connectivity index (χ0v) is 8.75.